The predicted octanol–water partition coefficient (Wildman–Crippen LogP) is 2.95. The number of aryl methyl sites for hydroxylation is 1. The van der Waals surface area contributed by atoms with Crippen LogP contribution in [0.5, 0.6) is 0 Å². The van der Waals surface area contributed by atoms with Gasteiger partial charge in [0.2, 0.25) is 15.9 Å². The summed E-state index contributed by atoms with van der Waals surface area (Å²) in [5.74, 6) is 2.34. The molecular weight excluding hydrogens is 360 g/mol. The van der Waals surface area contributed by atoms with E-state index in [0.717, 1.165) is 42.6 Å². The molecule has 1 N–H and O–H groups in total. The topological polar surface area (TPSA) is 66.5 Å². The maximum atomic E-state index is 13.0. The van der Waals surface area contributed by atoms with Crippen LogP contribution in [0.4, 0.5) is 0 Å². The van der Waals surface area contributed by atoms with E-state index in [-0.39, 0.29) is 17.9 Å². The first-order valence-electron chi connectivity index (χ1n) is 10.1. The van der Waals surface area contributed by atoms with Crippen molar-refractivity contribution in [2.45, 2.75) is 50.3 Å². The molecule has 0 saturated heterocycles. The van der Waals surface area contributed by atoms with Crippen LogP contribution in [0.3, 0.4) is 0 Å². The fraction of sp³-hybridized carbons (Fsp3) is 0.667. The van der Waals surface area contributed by atoms with Gasteiger partial charge in [0, 0.05) is 25.6 Å². The molecular formula is C21H30N2O3S. The molecule has 4 saturated carbocycles. The van der Waals surface area contributed by atoms with E-state index in [2.05, 4.69) is 5.32 Å². The second-order valence-electron chi connectivity index (χ2n) is 9.09. The van der Waals surface area contributed by atoms with E-state index in [4.69, 9.17) is 0 Å². The first kappa shape index (κ1) is 18.9. The highest BCUT2D eigenvalue weighted by Gasteiger charge is 2.54. The number of amides is 1. The average molecular weight is 391 g/mol. The van der Waals surface area contributed by atoms with E-state index in [0.29, 0.717) is 11.4 Å². The minimum absolute atomic E-state index is 0.155. The zero-order valence-electron chi connectivity index (χ0n) is 16.3. The van der Waals surface area contributed by atoms with Gasteiger partial charge in [0.05, 0.1) is 4.90 Å². The van der Waals surface area contributed by atoms with Crippen molar-refractivity contribution in [1.82, 2.24) is 9.62 Å². The number of hydrogen-bond donors (Lipinski definition) is 1. The van der Waals surface area contributed by atoms with Crippen molar-refractivity contribution in [2.75, 3.05) is 20.1 Å². The number of nitrogens with one attached hydrogen (secondary N) is 1. The zero-order chi connectivity index (χ0) is 19.2. The standard InChI is InChI=1S/C21H30N2O3S/c1-15-3-5-19(6-4-15)27(25,26)23(2)8-7-22-20(24)21-12-16-9-17(13-21)11-18(10-16)14-21/h3-6,16-18H,7-14H2,1-2H3,(H,22,24). The highest BCUT2D eigenvalue weighted by molar-refractivity contribution is 7.89. The summed E-state index contributed by atoms with van der Waals surface area (Å²) in [6, 6.07) is 6.87. The van der Waals surface area contributed by atoms with E-state index >= 15 is 0 Å². The molecule has 4 bridgehead atoms. The van der Waals surface area contributed by atoms with Gasteiger partial charge in [-0.3, -0.25) is 4.79 Å². The Morgan fingerprint density at radius 1 is 1.07 bits per heavy atom. The second-order valence-corrected chi connectivity index (χ2v) is 11.1. The Hall–Kier alpha value is -1.40. The van der Waals surface area contributed by atoms with Crippen molar-refractivity contribution >= 4 is 15.9 Å². The molecule has 5 nitrogen and oxygen atoms in total. The van der Waals surface area contributed by atoms with Gasteiger partial charge in [-0.2, -0.15) is 4.31 Å². The molecule has 0 spiro atoms. The molecule has 27 heavy (non-hydrogen) atoms. The summed E-state index contributed by atoms with van der Waals surface area (Å²) in [5.41, 5.74) is 0.850. The first-order chi connectivity index (χ1) is 12.8. The summed E-state index contributed by atoms with van der Waals surface area (Å²) in [7, 11) is -1.94. The fourth-order valence-corrected chi connectivity index (χ4v) is 7.09. The zero-order valence-corrected chi connectivity index (χ0v) is 17.1. The summed E-state index contributed by atoms with van der Waals surface area (Å²) >= 11 is 0. The third-order valence-electron chi connectivity index (χ3n) is 6.96. The lowest BCUT2D eigenvalue weighted by molar-refractivity contribution is -0.146. The minimum atomic E-state index is -3.52. The Bertz CT molecular complexity index is 781. The molecule has 148 valence electrons. The van der Waals surface area contributed by atoms with Gasteiger partial charge in [-0.15, -0.1) is 0 Å². The van der Waals surface area contributed by atoms with Gasteiger partial charge in [0.25, 0.3) is 0 Å². The van der Waals surface area contributed by atoms with Crippen LogP contribution in [0.2, 0.25) is 0 Å². The molecule has 4 aliphatic carbocycles. The molecule has 1 aromatic carbocycles. The van der Waals surface area contributed by atoms with Crippen molar-refractivity contribution in [1.29, 1.82) is 0 Å². The molecule has 0 heterocycles. The molecule has 5 rings (SSSR count). The van der Waals surface area contributed by atoms with Gasteiger partial charge in [-0.1, -0.05) is 17.7 Å². The van der Waals surface area contributed by atoms with E-state index in [1.165, 1.54) is 23.6 Å². The highest BCUT2D eigenvalue weighted by Crippen LogP contribution is 2.60. The summed E-state index contributed by atoms with van der Waals surface area (Å²) in [5, 5.41) is 3.06. The van der Waals surface area contributed by atoms with E-state index in [1.807, 2.05) is 6.92 Å². The van der Waals surface area contributed by atoms with Crippen LogP contribution in [0.1, 0.15) is 44.1 Å². The van der Waals surface area contributed by atoms with Crippen molar-refractivity contribution in [3.8, 4) is 0 Å². The summed E-state index contributed by atoms with van der Waals surface area (Å²) in [4.78, 5) is 13.3. The molecule has 0 unspecified atom stereocenters. The quantitative estimate of drug-likeness (QED) is 0.812. The van der Waals surface area contributed by atoms with Crippen LogP contribution in [0.15, 0.2) is 29.2 Å². The average Bonchev–Trinajstić information content (AvgIpc) is 2.60. The van der Waals surface area contributed by atoms with Gasteiger partial charge in [-0.05, 0) is 75.3 Å². The maximum absolute atomic E-state index is 13.0. The van der Waals surface area contributed by atoms with Crippen molar-refractivity contribution < 1.29 is 13.2 Å². The minimum Gasteiger partial charge on any atom is -0.354 e. The number of sulfonamides is 1. The number of likely N-dealkylation sites (N-methyl/N-ethyl adjacent to an activating group) is 1. The first-order valence-corrected chi connectivity index (χ1v) is 11.5. The predicted molar refractivity (Wildman–Crippen MR) is 105 cm³/mol. The SMILES string of the molecule is Cc1ccc(S(=O)(=O)N(C)CCNC(=O)C23CC4CC(CC(C4)C2)C3)cc1. The second kappa shape index (κ2) is 6.89. The number of nitrogens with zero attached hydrogens (tertiary/aromatic N) is 1. The molecule has 0 atom stereocenters. The Balaban J connectivity index is 1.34. The Labute approximate surface area is 162 Å². The lowest BCUT2D eigenvalue weighted by atomic mass is 9.49. The third kappa shape index (κ3) is 3.54. The van der Waals surface area contributed by atoms with Crippen LogP contribution in [0.25, 0.3) is 0 Å². The maximum Gasteiger partial charge on any atom is 0.242 e. The lowest BCUT2D eigenvalue weighted by Crippen LogP contribution is -2.54. The number of carbonyl (C=O) groups is 1. The number of rotatable bonds is 6. The normalized spacial score (nSPS) is 32.0. The summed E-state index contributed by atoms with van der Waals surface area (Å²) in [6.07, 6.45) is 7.02. The van der Waals surface area contributed by atoms with Gasteiger partial charge >= 0.3 is 0 Å². The van der Waals surface area contributed by atoms with Crippen molar-refractivity contribution in [2.24, 2.45) is 23.2 Å². The van der Waals surface area contributed by atoms with Crippen LogP contribution in [-0.4, -0.2) is 38.8 Å². The monoisotopic (exact) mass is 390 g/mol. The smallest absolute Gasteiger partial charge is 0.242 e. The largest absolute Gasteiger partial charge is 0.354 e. The Morgan fingerprint density at radius 3 is 2.11 bits per heavy atom. The molecule has 4 aliphatic rings. The van der Waals surface area contributed by atoms with Crippen LogP contribution in [0, 0.1) is 30.1 Å². The summed E-state index contributed by atoms with van der Waals surface area (Å²) in [6.45, 7) is 2.58. The van der Waals surface area contributed by atoms with Crippen LogP contribution in [-0.2, 0) is 14.8 Å². The van der Waals surface area contributed by atoms with Gasteiger partial charge in [0.15, 0.2) is 0 Å². The van der Waals surface area contributed by atoms with Gasteiger partial charge in [-0.25, -0.2) is 8.42 Å². The number of carbonyl (C=O) groups excluding carboxylic acids is 1. The molecule has 1 amide bonds. The van der Waals surface area contributed by atoms with Gasteiger partial charge < -0.3 is 5.32 Å². The van der Waals surface area contributed by atoms with E-state index < -0.39 is 10.0 Å². The number of hydrogen-bond acceptors (Lipinski definition) is 3. The molecule has 6 heteroatoms. The van der Waals surface area contributed by atoms with Crippen molar-refractivity contribution in [3.05, 3.63) is 29.8 Å². The molecule has 0 aliphatic heterocycles. The van der Waals surface area contributed by atoms with E-state index in [1.54, 1.807) is 31.3 Å². The lowest BCUT2D eigenvalue weighted by Gasteiger charge is -2.55. The van der Waals surface area contributed by atoms with Crippen LogP contribution >= 0.6 is 0 Å². The third-order valence-corrected chi connectivity index (χ3v) is 8.83. The molecule has 0 aromatic heterocycles. The summed E-state index contributed by atoms with van der Waals surface area (Å²) < 4.78 is 26.6. The van der Waals surface area contributed by atoms with Crippen LogP contribution < -0.4 is 5.32 Å². The Morgan fingerprint density at radius 2 is 1.59 bits per heavy atom. The molecule has 4 fully saturated rings. The molecule has 1 aromatic rings. The van der Waals surface area contributed by atoms with Crippen molar-refractivity contribution in [3.63, 3.8) is 0 Å². The fourth-order valence-electron chi connectivity index (χ4n) is 5.91. The number of benzene rings is 1. The van der Waals surface area contributed by atoms with E-state index in [9.17, 15) is 13.2 Å². The van der Waals surface area contributed by atoms with Gasteiger partial charge in [0.1, 0.15) is 0 Å². The highest BCUT2D eigenvalue weighted by atomic mass is 32.2. The Kier molecular flexibility index (Phi) is 4.83. The molecule has 0 radical (unpaired) electrons.